The molecule has 3 atom stereocenters. The van der Waals surface area contributed by atoms with Gasteiger partial charge in [-0.05, 0) is 85.0 Å². The van der Waals surface area contributed by atoms with Crippen LogP contribution in [0.3, 0.4) is 0 Å². The molecule has 1 saturated heterocycles. The van der Waals surface area contributed by atoms with Crippen LogP contribution in [0.5, 0.6) is 0 Å². The number of rotatable bonds is 6. The van der Waals surface area contributed by atoms with Crippen LogP contribution in [0, 0.1) is 5.82 Å². The highest BCUT2D eigenvalue weighted by Crippen LogP contribution is 2.56. The molecule has 1 heterocycles. The predicted molar refractivity (Wildman–Crippen MR) is 136 cm³/mol. The maximum atomic E-state index is 14.9. The summed E-state index contributed by atoms with van der Waals surface area (Å²) in [5, 5.41) is 9.14. The molecule has 0 bridgehead atoms. The van der Waals surface area contributed by atoms with Gasteiger partial charge >= 0.3 is 12.1 Å². The number of hydrogen-bond donors (Lipinski definition) is 1. The van der Waals surface area contributed by atoms with Gasteiger partial charge in [-0.25, -0.2) is 30.4 Å². The standard InChI is InChI=1S/C27H22F5NO6S2/c1-25(29,27(30,31)32)18-4-11-22-17(14-18)15-23-26(22,40(36,37)20-9-5-19(28)6-10-20)12-13-33(23)41(38,39)21-7-2-16(3-8-21)24(34)35/h2-11,14,23H,12-13,15H2,1H3,(H,34,35)/t23?,25?,26-/m1/s1. The molecule has 1 fully saturated rings. The van der Waals surface area contributed by atoms with Crippen LogP contribution in [-0.4, -0.2) is 51.0 Å². The van der Waals surface area contributed by atoms with E-state index in [2.05, 4.69) is 0 Å². The smallest absolute Gasteiger partial charge is 0.426 e. The van der Waals surface area contributed by atoms with Gasteiger partial charge in [-0.3, -0.25) is 0 Å². The molecule has 218 valence electrons. The predicted octanol–water partition coefficient (Wildman–Crippen LogP) is 4.96. The Morgan fingerprint density at radius 1 is 0.927 bits per heavy atom. The second-order valence-electron chi connectivity index (χ2n) is 10.1. The van der Waals surface area contributed by atoms with E-state index < -0.39 is 59.8 Å². The quantitative estimate of drug-likeness (QED) is 0.310. The van der Waals surface area contributed by atoms with E-state index in [0.717, 1.165) is 71.0 Å². The van der Waals surface area contributed by atoms with Crippen molar-refractivity contribution >= 4 is 25.8 Å². The first-order valence-electron chi connectivity index (χ1n) is 12.2. The Morgan fingerprint density at radius 3 is 2.07 bits per heavy atom. The zero-order valence-electron chi connectivity index (χ0n) is 21.2. The van der Waals surface area contributed by atoms with Crippen molar-refractivity contribution in [1.82, 2.24) is 4.31 Å². The Hall–Kier alpha value is -3.36. The molecule has 5 rings (SSSR count). The first-order valence-corrected chi connectivity index (χ1v) is 15.1. The van der Waals surface area contributed by atoms with Gasteiger partial charge in [0.25, 0.3) is 0 Å². The fourth-order valence-electron chi connectivity index (χ4n) is 5.73. The van der Waals surface area contributed by atoms with Crippen LogP contribution in [0.4, 0.5) is 22.0 Å². The highest BCUT2D eigenvalue weighted by atomic mass is 32.2. The summed E-state index contributed by atoms with van der Waals surface area (Å²) in [5.41, 5.74) is -4.64. The van der Waals surface area contributed by atoms with Gasteiger partial charge in [0.15, 0.2) is 9.84 Å². The minimum atomic E-state index is -5.27. The summed E-state index contributed by atoms with van der Waals surface area (Å²) >= 11 is 0. The number of aromatic carboxylic acids is 1. The molecule has 0 saturated carbocycles. The normalized spacial score (nSPS) is 22.6. The van der Waals surface area contributed by atoms with Gasteiger partial charge in [-0.15, -0.1) is 0 Å². The lowest BCUT2D eigenvalue weighted by Crippen LogP contribution is -2.47. The molecular weight excluding hydrogens is 593 g/mol. The minimum absolute atomic E-state index is 0.0347. The molecule has 0 amide bonds. The van der Waals surface area contributed by atoms with Crippen molar-refractivity contribution in [2.24, 2.45) is 0 Å². The van der Waals surface area contributed by atoms with E-state index in [1.54, 1.807) is 0 Å². The van der Waals surface area contributed by atoms with Crippen LogP contribution < -0.4 is 0 Å². The zero-order valence-corrected chi connectivity index (χ0v) is 22.8. The summed E-state index contributed by atoms with van der Waals surface area (Å²) < 4.78 is 124. The van der Waals surface area contributed by atoms with Gasteiger partial charge in [-0.2, -0.15) is 17.5 Å². The van der Waals surface area contributed by atoms with E-state index in [4.69, 9.17) is 5.11 Å². The average Bonchev–Trinajstić information content (AvgIpc) is 3.44. The highest BCUT2D eigenvalue weighted by molar-refractivity contribution is 7.92. The first kappa shape index (κ1) is 29.1. The molecule has 1 N–H and O–H groups in total. The summed E-state index contributed by atoms with van der Waals surface area (Å²) in [7, 11) is -8.94. The van der Waals surface area contributed by atoms with Crippen LogP contribution in [0.1, 0.15) is 40.4 Å². The molecular formula is C27H22F5NO6S2. The number of sulfone groups is 1. The first-order chi connectivity index (χ1) is 18.9. The van der Waals surface area contributed by atoms with Gasteiger partial charge in [0.05, 0.1) is 21.4 Å². The third-order valence-corrected chi connectivity index (χ3v) is 12.4. The number of carbonyl (C=O) groups is 1. The molecule has 14 heteroatoms. The topological polar surface area (TPSA) is 109 Å². The number of fused-ring (bicyclic) bond motifs is 3. The monoisotopic (exact) mass is 615 g/mol. The number of alkyl halides is 4. The SMILES string of the molecule is CC(F)(c1ccc2c(c1)CC1N(S(=O)(=O)c3ccc(C(=O)O)cc3)CC[C@@]21S(=O)(=O)c1ccc(F)cc1)C(F)(F)F. The maximum absolute atomic E-state index is 14.9. The Balaban J connectivity index is 1.68. The number of carboxylic acid groups (broad SMARTS) is 1. The Labute approximate surface area is 232 Å². The van der Waals surface area contributed by atoms with Crippen molar-refractivity contribution in [2.45, 2.75) is 52.2 Å². The van der Waals surface area contributed by atoms with Crippen LogP contribution >= 0.6 is 0 Å². The van der Waals surface area contributed by atoms with Crippen LogP contribution in [0.25, 0.3) is 0 Å². The van der Waals surface area contributed by atoms with E-state index in [-0.39, 0.29) is 45.9 Å². The van der Waals surface area contributed by atoms with Crippen molar-refractivity contribution in [3.8, 4) is 0 Å². The average molecular weight is 616 g/mol. The van der Waals surface area contributed by atoms with Crippen molar-refractivity contribution < 1.29 is 48.7 Å². The summed E-state index contributed by atoms with van der Waals surface area (Å²) in [4.78, 5) is 10.6. The van der Waals surface area contributed by atoms with E-state index >= 15 is 0 Å². The van der Waals surface area contributed by atoms with E-state index in [1.165, 1.54) is 0 Å². The van der Waals surface area contributed by atoms with E-state index in [9.17, 15) is 43.6 Å². The molecule has 1 aliphatic heterocycles. The van der Waals surface area contributed by atoms with Crippen LogP contribution in [0.2, 0.25) is 0 Å². The molecule has 3 aromatic carbocycles. The molecule has 0 aromatic heterocycles. The second-order valence-corrected chi connectivity index (χ2v) is 14.2. The van der Waals surface area contributed by atoms with Gasteiger partial charge in [0.1, 0.15) is 10.6 Å². The van der Waals surface area contributed by atoms with Crippen LogP contribution in [-0.2, 0) is 36.7 Å². The second kappa shape index (κ2) is 9.33. The Morgan fingerprint density at radius 2 is 1.51 bits per heavy atom. The largest absolute Gasteiger partial charge is 0.478 e. The number of halogens is 5. The fraction of sp³-hybridized carbons (Fsp3) is 0.296. The lowest BCUT2D eigenvalue weighted by Gasteiger charge is -2.33. The van der Waals surface area contributed by atoms with Gasteiger partial charge < -0.3 is 5.11 Å². The lowest BCUT2D eigenvalue weighted by molar-refractivity contribution is -0.228. The molecule has 2 unspecified atom stereocenters. The molecule has 1 aliphatic carbocycles. The van der Waals surface area contributed by atoms with Crippen molar-refractivity contribution in [3.63, 3.8) is 0 Å². The molecule has 2 aliphatic rings. The lowest BCUT2D eigenvalue weighted by atomic mass is 9.91. The molecule has 3 aromatic rings. The van der Waals surface area contributed by atoms with Crippen molar-refractivity contribution in [3.05, 3.63) is 94.8 Å². The number of benzene rings is 3. The Bertz CT molecular complexity index is 1760. The molecule has 0 spiro atoms. The molecule has 41 heavy (non-hydrogen) atoms. The van der Waals surface area contributed by atoms with Gasteiger partial charge in [0, 0.05) is 6.54 Å². The number of hydrogen-bond acceptors (Lipinski definition) is 5. The van der Waals surface area contributed by atoms with Gasteiger partial charge in [-0.1, -0.05) is 18.2 Å². The van der Waals surface area contributed by atoms with E-state index in [1.807, 2.05) is 0 Å². The van der Waals surface area contributed by atoms with Crippen molar-refractivity contribution in [1.29, 1.82) is 0 Å². The third-order valence-electron chi connectivity index (χ3n) is 7.95. The summed E-state index contributed by atoms with van der Waals surface area (Å²) in [5.74, 6) is -2.01. The van der Waals surface area contributed by atoms with Crippen LogP contribution in [0.15, 0.2) is 76.5 Å². The summed E-state index contributed by atoms with van der Waals surface area (Å²) in [6.45, 7) is 0.0474. The number of carboxylic acids is 1. The van der Waals surface area contributed by atoms with Crippen molar-refractivity contribution in [2.75, 3.05) is 6.54 Å². The van der Waals surface area contributed by atoms with E-state index in [0.29, 0.717) is 6.92 Å². The number of sulfonamides is 1. The third kappa shape index (κ3) is 4.26. The number of nitrogens with zero attached hydrogens (tertiary/aromatic N) is 1. The maximum Gasteiger partial charge on any atom is 0.426 e. The van der Waals surface area contributed by atoms with Gasteiger partial charge in [0.2, 0.25) is 15.7 Å². The zero-order chi connectivity index (χ0) is 30.2. The molecule has 7 nitrogen and oxygen atoms in total. The molecule has 0 radical (unpaired) electrons. The highest BCUT2D eigenvalue weighted by Gasteiger charge is 2.64. The summed E-state index contributed by atoms with van der Waals surface area (Å²) in [6.07, 6.45) is -5.91. The Kier molecular flexibility index (Phi) is 6.63. The fourth-order valence-corrected chi connectivity index (χ4v) is 9.80. The minimum Gasteiger partial charge on any atom is -0.478 e. The summed E-state index contributed by atoms with van der Waals surface area (Å²) in [6, 6.07) is 9.65.